The zero-order valence-electron chi connectivity index (χ0n) is 10.9. The van der Waals surface area contributed by atoms with Crippen LogP contribution in [-0.4, -0.2) is 32.9 Å². The summed E-state index contributed by atoms with van der Waals surface area (Å²) in [4.78, 5) is 35.8. The molecule has 1 aromatic rings. The normalized spacial score (nSPS) is 11.9. The molecule has 1 aromatic heterocycles. The molecule has 0 radical (unpaired) electrons. The van der Waals surface area contributed by atoms with Gasteiger partial charge in [-0.15, -0.1) is 0 Å². The molecule has 9 heteroatoms. The Bertz CT molecular complexity index is 558. The second-order valence-electron chi connectivity index (χ2n) is 4.42. The van der Waals surface area contributed by atoms with Crippen molar-refractivity contribution in [3.05, 3.63) is 27.9 Å². The van der Waals surface area contributed by atoms with Gasteiger partial charge in [-0.2, -0.15) is 0 Å². The average Bonchev–Trinajstić information content (AvgIpc) is 2.34. The first-order valence-electron chi connectivity index (χ1n) is 5.67. The molecule has 0 aromatic carbocycles. The lowest BCUT2D eigenvalue weighted by Crippen LogP contribution is -2.39. The number of nitrogens with one attached hydrogen (secondary N) is 1. The van der Waals surface area contributed by atoms with Crippen molar-refractivity contribution in [2.75, 3.05) is 5.32 Å². The number of nitro groups is 1. The van der Waals surface area contributed by atoms with Crippen molar-refractivity contribution in [1.29, 1.82) is 0 Å². The number of amides is 1. The van der Waals surface area contributed by atoms with Crippen molar-refractivity contribution in [3.8, 4) is 0 Å². The van der Waals surface area contributed by atoms with Crippen LogP contribution < -0.4 is 11.1 Å². The molecule has 0 aliphatic carbocycles. The highest BCUT2D eigenvalue weighted by atomic mass is 16.6. The summed E-state index contributed by atoms with van der Waals surface area (Å²) < 4.78 is 0. The van der Waals surface area contributed by atoms with Gasteiger partial charge < -0.3 is 16.2 Å². The molecule has 9 nitrogen and oxygen atoms in total. The Morgan fingerprint density at radius 1 is 1.50 bits per heavy atom. The number of hydrogen-bond acceptors (Lipinski definition) is 6. The number of aromatic carboxylic acids is 1. The number of pyridine rings is 1. The Morgan fingerprint density at radius 2 is 2.10 bits per heavy atom. The van der Waals surface area contributed by atoms with Crippen molar-refractivity contribution in [3.63, 3.8) is 0 Å². The third-order valence-electron chi connectivity index (χ3n) is 2.59. The van der Waals surface area contributed by atoms with E-state index in [0.29, 0.717) is 0 Å². The van der Waals surface area contributed by atoms with E-state index in [0.717, 1.165) is 12.3 Å². The molecule has 1 unspecified atom stereocenters. The van der Waals surface area contributed by atoms with Crippen LogP contribution in [-0.2, 0) is 4.79 Å². The smallest absolute Gasteiger partial charge is 0.342 e. The topological polar surface area (TPSA) is 148 Å². The van der Waals surface area contributed by atoms with Crippen LogP contribution in [0.4, 0.5) is 11.5 Å². The number of anilines is 1. The number of rotatable bonds is 6. The van der Waals surface area contributed by atoms with Crippen LogP contribution in [0, 0.1) is 16.0 Å². The molecule has 0 aliphatic heterocycles. The molecule has 0 bridgehead atoms. The Balaban J connectivity index is 3.15. The van der Waals surface area contributed by atoms with Crippen LogP contribution in [0.1, 0.15) is 24.2 Å². The van der Waals surface area contributed by atoms with Gasteiger partial charge in [0.25, 0.3) is 0 Å². The monoisotopic (exact) mass is 282 g/mol. The van der Waals surface area contributed by atoms with E-state index in [2.05, 4.69) is 10.3 Å². The second-order valence-corrected chi connectivity index (χ2v) is 4.42. The van der Waals surface area contributed by atoms with Gasteiger partial charge in [-0.1, -0.05) is 13.8 Å². The first kappa shape index (κ1) is 15.3. The number of carboxylic acids is 1. The third kappa shape index (κ3) is 3.40. The number of nitrogens with two attached hydrogens (primary N) is 1. The molecule has 0 saturated carbocycles. The summed E-state index contributed by atoms with van der Waals surface area (Å²) in [5.74, 6) is -2.21. The molecule has 108 valence electrons. The van der Waals surface area contributed by atoms with Crippen molar-refractivity contribution in [2.45, 2.75) is 19.9 Å². The fourth-order valence-corrected chi connectivity index (χ4v) is 1.57. The second kappa shape index (κ2) is 5.95. The number of primary amides is 1. The summed E-state index contributed by atoms with van der Waals surface area (Å²) in [6.45, 7) is 3.48. The SMILES string of the molecule is CC(C)C(Nc1cc(C(=O)O)c([N+](=O)[O-])cn1)C(N)=O. The van der Waals surface area contributed by atoms with Crippen molar-refractivity contribution in [1.82, 2.24) is 4.98 Å². The van der Waals surface area contributed by atoms with Gasteiger partial charge in [0.05, 0.1) is 4.92 Å². The van der Waals surface area contributed by atoms with E-state index in [9.17, 15) is 19.7 Å². The number of hydrogen-bond donors (Lipinski definition) is 3. The zero-order chi connectivity index (χ0) is 15.4. The summed E-state index contributed by atoms with van der Waals surface area (Å²) >= 11 is 0. The minimum Gasteiger partial charge on any atom is -0.477 e. The summed E-state index contributed by atoms with van der Waals surface area (Å²) in [6, 6.07) is 0.240. The number of carbonyl (C=O) groups excluding carboxylic acids is 1. The van der Waals surface area contributed by atoms with Crippen LogP contribution in [0.5, 0.6) is 0 Å². The van der Waals surface area contributed by atoms with Gasteiger partial charge in [0.1, 0.15) is 23.6 Å². The quantitative estimate of drug-likeness (QED) is 0.511. The van der Waals surface area contributed by atoms with Crippen LogP contribution >= 0.6 is 0 Å². The van der Waals surface area contributed by atoms with E-state index >= 15 is 0 Å². The summed E-state index contributed by atoms with van der Waals surface area (Å²) in [5.41, 5.74) is 4.07. The van der Waals surface area contributed by atoms with E-state index < -0.39 is 34.1 Å². The maximum atomic E-state index is 11.2. The highest BCUT2D eigenvalue weighted by Gasteiger charge is 2.24. The van der Waals surface area contributed by atoms with Crippen LogP contribution in [0.25, 0.3) is 0 Å². The molecule has 1 heterocycles. The molecule has 0 spiro atoms. The molecule has 0 aliphatic rings. The van der Waals surface area contributed by atoms with Gasteiger partial charge in [0, 0.05) is 6.07 Å². The predicted molar refractivity (Wildman–Crippen MR) is 69.3 cm³/mol. The van der Waals surface area contributed by atoms with Gasteiger partial charge in [-0.3, -0.25) is 14.9 Å². The fraction of sp³-hybridized carbons (Fsp3) is 0.364. The number of nitrogens with zero attached hydrogens (tertiary/aromatic N) is 2. The molecule has 0 saturated heterocycles. The van der Waals surface area contributed by atoms with Crippen molar-refractivity contribution < 1.29 is 19.6 Å². The molecular weight excluding hydrogens is 268 g/mol. The van der Waals surface area contributed by atoms with E-state index in [1.54, 1.807) is 13.8 Å². The Labute approximate surface area is 114 Å². The maximum Gasteiger partial charge on any atom is 0.342 e. The standard InChI is InChI=1S/C11H14N4O5/c1-5(2)9(10(12)16)14-8-3-6(11(17)18)7(4-13-8)15(19)20/h3-5,9H,1-2H3,(H2,12,16)(H,13,14)(H,17,18). The van der Waals surface area contributed by atoms with Gasteiger partial charge in [0.15, 0.2) is 0 Å². The Hall–Kier alpha value is -2.71. The molecule has 0 fully saturated rings. The lowest BCUT2D eigenvalue weighted by Gasteiger charge is -2.19. The van der Waals surface area contributed by atoms with Crippen LogP contribution in [0.2, 0.25) is 0 Å². The molecular formula is C11H14N4O5. The van der Waals surface area contributed by atoms with Crippen LogP contribution in [0.3, 0.4) is 0 Å². The lowest BCUT2D eigenvalue weighted by atomic mass is 10.0. The van der Waals surface area contributed by atoms with Crippen molar-refractivity contribution >= 4 is 23.4 Å². The Kier molecular flexibility index (Phi) is 4.57. The highest BCUT2D eigenvalue weighted by molar-refractivity contribution is 5.93. The van der Waals surface area contributed by atoms with Crippen molar-refractivity contribution in [2.24, 2.45) is 11.7 Å². The van der Waals surface area contributed by atoms with Gasteiger partial charge in [0.2, 0.25) is 5.91 Å². The first-order valence-corrected chi connectivity index (χ1v) is 5.67. The van der Waals surface area contributed by atoms with Gasteiger partial charge >= 0.3 is 11.7 Å². The van der Waals surface area contributed by atoms with E-state index in [1.807, 2.05) is 0 Å². The predicted octanol–water partition coefficient (Wildman–Crippen LogP) is 0.610. The zero-order valence-corrected chi connectivity index (χ0v) is 10.9. The van der Waals surface area contributed by atoms with E-state index in [4.69, 9.17) is 10.8 Å². The summed E-state index contributed by atoms with van der Waals surface area (Å²) in [5, 5.41) is 22.3. The summed E-state index contributed by atoms with van der Waals surface area (Å²) in [6.07, 6.45) is 0.824. The van der Waals surface area contributed by atoms with Gasteiger partial charge in [-0.25, -0.2) is 9.78 Å². The third-order valence-corrected chi connectivity index (χ3v) is 2.59. The maximum absolute atomic E-state index is 11.2. The fourth-order valence-electron chi connectivity index (χ4n) is 1.57. The largest absolute Gasteiger partial charge is 0.477 e. The molecule has 1 amide bonds. The van der Waals surface area contributed by atoms with E-state index in [-0.39, 0.29) is 11.7 Å². The minimum atomic E-state index is -1.46. The highest BCUT2D eigenvalue weighted by Crippen LogP contribution is 2.21. The van der Waals surface area contributed by atoms with E-state index in [1.165, 1.54) is 0 Å². The van der Waals surface area contributed by atoms with Gasteiger partial charge in [-0.05, 0) is 5.92 Å². The number of aromatic nitrogens is 1. The Morgan fingerprint density at radius 3 is 2.50 bits per heavy atom. The number of carboxylic acid groups (broad SMARTS) is 1. The van der Waals surface area contributed by atoms with Crippen LogP contribution in [0.15, 0.2) is 12.3 Å². The minimum absolute atomic E-state index is 0.0329. The first-order chi connectivity index (χ1) is 9.23. The lowest BCUT2D eigenvalue weighted by molar-refractivity contribution is -0.385. The molecule has 20 heavy (non-hydrogen) atoms. The molecule has 4 N–H and O–H groups in total. The summed E-state index contributed by atoms with van der Waals surface area (Å²) in [7, 11) is 0. The number of carbonyl (C=O) groups is 2. The molecule has 1 atom stereocenters. The molecule has 1 rings (SSSR count). The average molecular weight is 282 g/mol.